The van der Waals surface area contributed by atoms with Crippen LogP contribution < -0.4 is 4.74 Å². The summed E-state index contributed by atoms with van der Waals surface area (Å²) in [5.74, 6) is 0.793. The third kappa shape index (κ3) is 1.13. The second-order valence-electron chi connectivity index (χ2n) is 2.78. The lowest BCUT2D eigenvalue weighted by Crippen LogP contribution is -1.82. The molecule has 0 aliphatic carbocycles. The first-order valence-corrected chi connectivity index (χ1v) is 3.90. The van der Waals surface area contributed by atoms with Gasteiger partial charge in [0.2, 0.25) is 5.75 Å². The van der Waals surface area contributed by atoms with Crippen LogP contribution in [0.15, 0.2) is 22.6 Å². The number of hydrogen-bond acceptors (Lipinski definition) is 3. The van der Waals surface area contributed by atoms with Crippen LogP contribution in [0.1, 0.15) is 7.13 Å². The number of aromatic hydroxyl groups is 1. The van der Waals surface area contributed by atoms with Gasteiger partial charge in [-0.2, -0.15) is 0 Å². The van der Waals surface area contributed by atoms with Crippen LogP contribution in [0, 0.1) is 6.92 Å². The average molecular weight is 179 g/mol. The summed E-state index contributed by atoms with van der Waals surface area (Å²) in [6, 6.07) is 3.62. The average Bonchev–Trinajstić information content (AvgIpc) is 2.46. The van der Waals surface area contributed by atoms with E-state index in [4.69, 9.17) is 10.5 Å². The summed E-state index contributed by atoms with van der Waals surface area (Å²) >= 11 is 0. The fraction of sp³-hybridized carbons (Fsp3) is 0.200. The first-order chi connectivity index (χ1) is 6.65. The smallest absolute Gasteiger partial charge is 0.202 e. The van der Waals surface area contributed by atoms with E-state index < -0.39 is 0 Å². The fourth-order valence-electron chi connectivity index (χ4n) is 1.29. The minimum atomic E-state index is -0.0494. The van der Waals surface area contributed by atoms with Crippen LogP contribution in [0.25, 0.3) is 11.0 Å². The highest BCUT2D eigenvalue weighted by Gasteiger charge is 2.10. The quantitative estimate of drug-likeness (QED) is 0.731. The molecule has 1 N–H and O–H groups in total. The molecular formula is C10H10O3. The third-order valence-corrected chi connectivity index (χ3v) is 1.88. The summed E-state index contributed by atoms with van der Waals surface area (Å²) in [5, 5.41) is 10.3. The van der Waals surface area contributed by atoms with Crippen LogP contribution >= 0.6 is 0 Å². The van der Waals surface area contributed by atoms with Gasteiger partial charge in [0.15, 0.2) is 11.3 Å². The Bertz CT molecular complexity index is 488. The number of phenols is 1. The lowest BCUT2D eigenvalue weighted by Gasteiger charge is -2.01. The first-order valence-electron chi connectivity index (χ1n) is 4.40. The van der Waals surface area contributed by atoms with Gasteiger partial charge in [0.1, 0.15) is 5.76 Å². The standard InChI is InChI=1S/C10H10O3/c1-6-5-7-3-4-8(12-2)9(11)10(7)13-6/h3-5,11H,1-2H3/i5D. The number of ether oxygens (including phenoxy) is 1. The van der Waals surface area contributed by atoms with Crippen molar-refractivity contribution in [2.45, 2.75) is 6.92 Å². The fourth-order valence-corrected chi connectivity index (χ4v) is 1.29. The van der Waals surface area contributed by atoms with Crippen molar-refractivity contribution in [3.63, 3.8) is 0 Å². The zero-order chi connectivity index (χ0) is 10.3. The van der Waals surface area contributed by atoms with E-state index in [0.29, 0.717) is 28.5 Å². The predicted molar refractivity (Wildman–Crippen MR) is 49.2 cm³/mol. The van der Waals surface area contributed by atoms with Gasteiger partial charge in [0.25, 0.3) is 0 Å². The number of methoxy groups -OCH3 is 1. The SMILES string of the molecule is [2H]c1c(C)oc2c(O)c(OC)ccc12. The number of benzene rings is 1. The highest BCUT2D eigenvalue weighted by Crippen LogP contribution is 2.35. The highest BCUT2D eigenvalue weighted by atomic mass is 16.5. The molecule has 1 heterocycles. The van der Waals surface area contributed by atoms with Crippen LogP contribution in [-0.2, 0) is 0 Å². The molecule has 68 valence electrons. The third-order valence-electron chi connectivity index (χ3n) is 1.88. The molecule has 0 saturated carbocycles. The van der Waals surface area contributed by atoms with Crippen molar-refractivity contribution in [1.82, 2.24) is 0 Å². The Kier molecular flexibility index (Phi) is 1.41. The van der Waals surface area contributed by atoms with Crippen LogP contribution in [-0.4, -0.2) is 12.2 Å². The molecule has 1 aromatic heterocycles. The van der Waals surface area contributed by atoms with Gasteiger partial charge < -0.3 is 14.3 Å². The van der Waals surface area contributed by atoms with E-state index in [9.17, 15) is 5.11 Å². The second kappa shape index (κ2) is 2.69. The monoisotopic (exact) mass is 179 g/mol. The summed E-state index contributed by atoms with van der Waals surface area (Å²) < 4.78 is 17.8. The molecule has 0 saturated heterocycles. The lowest BCUT2D eigenvalue weighted by molar-refractivity contribution is 0.371. The molecule has 0 aliphatic rings. The van der Waals surface area contributed by atoms with Crippen LogP contribution in [0.5, 0.6) is 11.5 Å². The molecule has 2 rings (SSSR count). The largest absolute Gasteiger partial charge is 0.502 e. The molecule has 0 spiro atoms. The topological polar surface area (TPSA) is 42.6 Å². The summed E-state index contributed by atoms with van der Waals surface area (Å²) in [4.78, 5) is 0. The normalized spacial score (nSPS) is 11.7. The number of phenolic OH excluding ortho intramolecular Hbond substituents is 1. The summed E-state index contributed by atoms with van der Waals surface area (Å²) in [7, 11) is 1.47. The first kappa shape index (κ1) is 6.83. The lowest BCUT2D eigenvalue weighted by atomic mass is 10.2. The van der Waals surface area contributed by atoms with E-state index >= 15 is 0 Å². The van der Waals surface area contributed by atoms with Gasteiger partial charge in [0.05, 0.1) is 8.48 Å². The molecule has 0 amide bonds. The molecule has 0 fully saturated rings. The van der Waals surface area contributed by atoms with E-state index in [0.717, 1.165) is 0 Å². The van der Waals surface area contributed by atoms with Gasteiger partial charge in [-0.05, 0) is 25.1 Å². The molecule has 1 aromatic carbocycles. The van der Waals surface area contributed by atoms with Crippen molar-refractivity contribution in [3.8, 4) is 11.5 Å². The number of fused-ring (bicyclic) bond motifs is 1. The van der Waals surface area contributed by atoms with Crippen molar-refractivity contribution in [1.29, 1.82) is 0 Å². The Labute approximate surface area is 77.0 Å². The molecule has 0 bridgehead atoms. The Morgan fingerprint density at radius 1 is 1.54 bits per heavy atom. The van der Waals surface area contributed by atoms with Crippen LogP contribution in [0.2, 0.25) is 0 Å². The van der Waals surface area contributed by atoms with Gasteiger partial charge in [-0.3, -0.25) is 0 Å². The van der Waals surface area contributed by atoms with Crippen LogP contribution in [0.4, 0.5) is 0 Å². The van der Waals surface area contributed by atoms with Gasteiger partial charge >= 0.3 is 0 Å². The molecule has 0 unspecified atom stereocenters. The molecule has 3 nitrogen and oxygen atoms in total. The number of furan rings is 1. The second-order valence-corrected chi connectivity index (χ2v) is 2.78. The minimum Gasteiger partial charge on any atom is -0.502 e. The molecule has 0 atom stereocenters. The summed E-state index contributed by atoms with van der Waals surface area (Å²) in [6.45, 7) is 1.69. The molecule has 0 aliphatic heterocycles. The molecular weight excluding hydrogens is 168 g/mol. The van der Waals surface area contributed by atoms with Gasteiger partial charge in [-0.1, -0.05) is 0 Å². The molecule has 13 heavy (non-hydrogen) atoms. The number of hydrogen-bond donors (Lipinski definition) is 1. The maximum atomic E-state index is 9.69. The maximum absolute atomic E-state index is 9.69. The van der Waals surface area contributed by atoms with Crippen molar-refractivity contribution in [3.05, 3.63) is 23.9 Å². The Morgan fingerprint density at radius 2 is 2.31 bits per heavy atom. The van der Waals surface area contributed by atoms with Crippen molar-refractivity contribution < 1.29 is 15.6 Å². The Hall–Kier alpha value is -1.64. The number of aryl methyl sites for hydroxylation is 1. The number of rotatable bonds is 1. The Morgan fingerprint density at radius 3 is 3.00 bits per heavy atom. The zero-order valence-electron chi connectivity index (χ0n) is 8.42. The van der Waals surface area contributed by atoms with Crippen LogP contribution in [0.3, 0.4) is 0 Å². The van der Waals surface area contributed by atoms with E-state index in [1.807, 2.05) is 0 Å². The van der Waals surface area contributed by atoms with E-state index in [1.165, 1.54) is 7.11 Å². The van der Waals surface area contributed by atoms with Crippen molar-refractivity contribution in [2.75, 3.05) is 7.11 Å². The van der Waals surface area contributed by atoms with Gasteiger partial charge in [-0.25, -0.2) is 0 Å². The molecule has 0 radical (unpaired) electrons. The van der Waals surface area contributed by atoms with Gasteiger partial charge in [0, 0.05) is 5.39 Å². The van der Waals surface area contributed by atoms with Gasteiger partial charge in [-0.15, -0.1) is 0 Å². The van der Waals surface area contributed by atoms with Crippen molar-refractivity contribution in [2.24, 2.45) is 0 Å². The van der Waals surface area contributed by atoms with Crippen molar-refractivity contribution >= 4 is 11.0 Å². The summed E-state index contributed by atoms with van der Waals surface area (Å²) in [6.07, 6.45) is 0. The summed E-state index contributed by atoms with van der Waals surface area (Å²) in [5.41, 5.74) is 0.312. The minimum absolute atomic E-state index is 0.0494. The predicted octanol–water partition coefficient (Wildman–Crippen LogP) is 2.46. The highest BCUT2D eigenvalue weighted by molar-refractivity contribution is 5.86. The molecule has 3 heteroatoms. The molecule has 2 aromatic rings. The maximum Gasteiger partial charge on any atom is 0.202 e. The van der Waals surface area contributed by atoms with E-state index in [-0.39, 0.29) is 5.75 Å². The zero-order valence-corrected chi connectivity index (χ0v) is 7.42. The van der Waals surface area contributed by atoms with E-state index in [2.05, 4.69) is 0 Å². The van der Waals surface area contributed by atoms with E-state index in [1.54, 1.807) is 19.1 Å². The Balaban J connectivity index is 2.83.